The fourth-order valence-corrected chi connectivity index (χ4v) is 4.05. The topological polar surface area (TPSA) is 87.7 Å². The lowest BCUT2D eigenvalue weighted by Gasteiger charge is -2.39. The Morgan fingerprint density at radius 1 is 0.914 bits per heavy atom. The zero-order valence-corrected chi connectivity index (χ0v) is 23.8. The normalized spacial score (nSPS) is 13.9. The lowest BCUT2D eigenvalue weighted by molar-refractivity contribution is -0.145. The van der Waals surface area contributed by atoms with Gasteiger partial charge in [0.2, 0.25) is 11.8 Å². The molecule has 2 atom stereocenters. The van der Waals surface area contributed by atoms with Crippen molar-refractivity contribution >= 4 is 17.9 Å². The quantitative estimate of drug-likeness (QED) is 0.509. The minimum atomic E-state index is -0.851. The summed E-state index contributed by atoms with van der Waals surface area (Å²) in [7, 11) is 0. The number of benzene rings is 1. The van der Waals surface area contributed by atoms with Crippen molar-refractivity contribution in [2.24, 2.45) is 5.92 Å². The molecular formula is C28H47N3O4. The van der Waals surface area contributed by atoms with E-state index in [1.165, 1.54) is 0 Å². The molecule has 1 aromatic carbocycles. The molecule has 35 heavy (non-hydrogen) atoms. The average Bonchev–Trinajstić information content (AvgIpc) is 2.60. The summed E-state index contributed by atoms with van der Waals surface area (Å²) in [6.07, 6.45) is -0.232. The first-order chi connectivity index (χ1) is 15.8. The third-order valence-corrected chi connectivity index (χ3v) is 5.09. The molecule has 0 bridgehead atoms. The third-order valence-electron chi connectivity index (χ3n) is 5.09. The van der Waals surface area contributed by atoms with Crippen LogP contribution >= 0.6 is 0 Å². The molecule has 2 N–H and O–H groups in total. The molecule has 0 aliphatic heterocycles. The lowest BCUT2D eigenvalue weighted by atomic mass is 9.95. The maximum absolute atomic E-state index is 14.1. The van der Waals surface area contributed by atoms with Crippen LogP contribution in [0.25, 0.3) is 0 Å². The number of hydrogen-bond acceptors (Lipinski definition) is 4. The first-order valence-electron chi connectivity index (χ1n) is 12.5. The van der Waals surface area contributed by atoms with Crippen LogP contribution in [0.3, 0.4) is 0 Å². The van der Waals surface area contributed by atoms with Crippen molar-refractivity contribution in [3.05, 3.63) is 34.9 Å². The predicted molar refractivity (Wildman–Crippen MR) is 141 cm³/mol. The van der Waals surface area contributed by atoms with E-state index in [0.29, 0.717) is 6.42 Å². The maximum Gasteiger partial charge on any atom is 0.408 e. The third kappa shape index (κ3) is 10.3. The zero-order valence-electron chi connectivity index (χ0n) is 23.8. The molecule has 3 amide bonds. The number of nitrogens with one attached hydrogen (secondary N) is 2. The van der Waals surface area contributed by atoms with Gasteiger partial charge in [0.25, 0.3) is 0 Å². The number of carbonyl (C=O) groups is 3. The lowest BCUT2D eigenvalue weighted by Crippen LogP contribution is -2.56. The smallest absolute Gasteiger partial charge is 0.408 e. The number of rotatable bonds is 8. The van der Waals surface area contributed by atoms with Crippen LogP contribution in [0.5, 0.6) is 0 Å². The van der Waals surface area contributed by atoms with Crippen LogP contribution in [0.15, 0.2) is 18.2 Å². The van der Waals surface area contributed by atoms with Gasteiger partial charge in [0.05, 0.1) is 0 Å². The van der Waals surface area contributed by atoms with Crippen LogP contribution in [-0.4, -0.2) is 46.0 Å². The van der Waals surface area contributed by atoms with Gasteiger partial charge < -0.3 is 20.3 Å². The van der Waals surface area contributed by atoms with Crippen LogP contribution in [0.1, 0.15) is 98.4 Å². The first kappa shape index (κ1) is 30.5. The monoisotopic (exact) mass is 489 g/mol. The van der Waals surface area contributed by atoms with Crippen LogP contribution < -0.4 is 10.6 Å². The van der Waals surface area contributed by atoms with Gasteiger partial charge in [0.15, 0.2) is 0 Å². The van der Waals surface area contributed by atoms with Gasteiger partial charge in [-0.05, 0) is 87.1 Å². The molecule has 1 aromatic rings. The van der Waals surface area contributed by atoms with E-state index in [2.05, 4.69) is 10.6 Å². The summed E-state index contributed by atoms with van der Waals surface area (Å²) in [6, 6.07) is 3.95. The average molecular weight is 490 g/mol. The second kappa shape index (κ2) is 11.9. The highest BCUT2D eigenvalue weighted by atomic mass is 16.6. The molecule has 7 nitrogen and oxygen atoms in total. The first-order valence-corrected chi connectivity index (χ1v) is 12.5. The Morgan fingerprint density at radius 3 is 1.83 bits per heavy atom. The van der Waals surface area contributed by atoms with Crippen molar-refractivity contribution in [3.63, 3.8) is 0 Å². The Labute approximate surface area is 212 Å². The van der Waals surface area contributed by atoms with Crippen LogP contribution in [0.4, 0.5) is 4.79 Å². The Bertz CT molecular complexity index is 874. The number of carbonyl (C=O) groups excluding carboxylic acids is 3. The van der Waals surface area contributed by atoms with E-state index in [0.717, 1.165) is 16.7 Å². The molecular weight excluding hydrogens is 442 g/mol. The second-order valence-electron chi connectivity index (χ2n) is 12.2. The van der Waals surface area contributed by atoms with Crippen molar-refractivity contribution < 1.29 is 19.1 Å². The van der Waals surface area contributed by atoms with E-state index in [4.69, 9.17) is 4.74 Å². The fourth-order valence-electron chi connectivity index (χ4n) is 4.05. The highest BCUT2D eigenvalue weighted by Crippen LogP contribution is 2.28. The molecule has 2 unspecified atom stereocenters. The summed E-state index contributed by atoms with van der Waals surface area (Å²) >= 11 is 0. The molecule has 7 heteroatoms. The summed E-state index contributed by atoms with van der Waals surface area (Å²) in [4.78, 5) is 41.9. The maximum atomic E-state index is 14.1. The van der Waals surface area contributed by atoms with E-state index in [1.54, 1.807) is 25.7 Å². The van der Waals surface area contributed by atoms with E-state index in [-0.39, 0.29) is 23.8 Å². The molecule has 0 fully saturated rings. The largest absolute Gasteiger partial charge is 0.444 e. The fraction of sp³-hybridized carbons (Fsp3) is 0.679. The van der Waals surface area contributed by atoms with Crippen LogP contribution in [0, 0.1) is 19.8 Å². The van der Waals surface area contributed by atoms with Crippen molar-refractivity contribution in [3.8, 4) is 0 Å². The van der Waals surface area contributed by atoms with Gasteiger partial charge in [-0.1, -0.05) is 43.2 Å². The van der Waals surface area contributed by atoms with Gasteiger partial charge in [-0.3, -0.25) is 9.59 Å². The van der Waals surface area contributed by atoms with E-state index in [1.807, 2.05) is 80.5 Å². The highest BCUT2D eigenvalue weighted by molar-refractivity contribution is 5.92. The summed E-state index contributed by atoms with van der Waals surface area (Å²) in [5, 5.41) is 5.83. The molecule has 0 aromatic heterocycles. The Balaban J connectivity index is 3.56. The molecule has 0 spiro atoms. The summed E-state index contributed by atoms with van der Waals surface area (Å²) in [5.41, 5.74) is 1.59. The number of aryl methyl sites for hydroxylation is 2. The molecule has 198 valence electrons. The minimum Gasteiger partial charge on any atom is -0.444 e. The Kier molecular flexibility index (Phi) is 10.4. The molecule has 0 saturated heterocycles. The highest BCUT2D eigenvalue weighted by Gasteiger charge is 2.39. The van der Waals surface area contributed by atoms with E-state index < -0.39 is 29.3 Å². The number of hydrogen-bond donors (Lipinski definition) is 2. The van der Waals surface area contributed by atoms with Crippen molar-refractivity contribution in [2.45, 2.75) is 119 Å². The molecule has 0 radical (unpaired) electrons. The summed E-state index contributed by atoms with van der Waals surface area (Å²) < 4.78 is 5.43. The molecule has 0 aliphatic rings. The molecule has 1 rings (SSSR count). The SMILES string of the molecule is Cc1cc(C)cc(C(C(=O)NC(C)(C)C)N(C(=O)C(CC(C)C)NC(=O)OC(C)(C)C)C(C)C)c1. The minimum absolute atomic E-state index is 0.135. The van der Waals surface area contributed by atoms with Crippen LogP contribution in [0.2, 0.25) is 0 Å². The Morgan fingerprint density at radius 2 is 1.43 bits per heavy atom. The number of nitrogens with zero attached hydrogens (tertiary/aromatic N) is 1. The van der Waals surface area contributed by atoms with Gasteiger partial charge in [0, 0.05) is 11.6 Å². The molecule has 0 aliphatic carbocycles. The van der Waals surface area contributed by atoms with Crippen molar-refractivity contribution in [1.82, 2.24) is 15.5 Å². The number of ether oxygens (including phenoxy) is 1. The summed E-state index contributed by atoms with van der Waals surface area (Å²) in [6.45, 7) is 22.8. The molecule has 0 heterocycles. The second-order valence-corrected chi connectivity index (χ2v) is 12.2. The van der Waals surface area contributed by atoms with Gasteiger partial charge in [0.1, 0.15) is 17.7 Å². The van der Waals surface area contributed by atoms with Gasteiger partial charge in [-0.15, -0.1) is 0 Å². The van der Waals surface area contributed by atoms with E-state index >= 15 is 0 Å². The Hall–Kier alpha value is -2.57. The number of amides is 3. The van der Waals surface area contributed by atoms with E-state index in [9.17, 15) is 14.4 Å². The van der Waals surface area contributed by atoms with Crippen molar-refractivity contribution in [2.75, 3.05) is 0 Å². The molecule has 0 saturated carbocycles. The number of alkyl carbamates (subject to hydrolysis) is 1. The van der Waals surface area contributed by atoms with Gasteiger partial charge in [-0.25, -0.2) is 4.79 Å². The van der Waals surface area contributed by atoms with Gasteiger partial charge >= 0.3 is 6.09 Å². The van der Waals surface area contributed by atoms with Crippen molar-refractivity contribution in [1.29, 1.82) is 0 Å². The van der Waals surface area contributed by atoms with Gasteiger partial charge in [-0.2, -0.15) is 0 Å². The van der Waals surface area contributed by atoms with Crippen LogP contribution in [-0.2, 0) is 14.3 Å². The zero-order chi connectivity index (χ0) is 27.3. The predicted octanol–water partition coefficient (Wildman–Crippen LogP) is 5.44. The summed E-state index contributed by atoms with van der Waals surface area (Å²) in [5.74, 6) is -0.436. The standard InChI is InChI=1S/C28H47N3O4/c1-17(2)13-22(29-26(34)35-28(10,11)12)25(33)31(18(3)4)23(24(32)30-27(7,8)9)21-15-19(5)14-20(6)16-21/h14-18,22-23H,13H2,1-12H3,(H,29,34)(H,30,32).